The smallest absolute Gasteiger partial charge is 0.0695 e. The van der Waals surface area contributed by atoms with Crippen LogP contribution >= 0.6 is 0 Å². The van der Waals surface area contributed by atoms with Crippen molar-refractivity contribution in [2.45, 2.75) is 70.1 Å². The third-order valence-electron chi connectivity index (χ3n) is 3.62. The van der Waals surface area contributed by atoms with Crippen LogP contribution in [0.3, 0.4) is 0 Å². The molecule has 0 aliphatic heterocycles. The van der Waals surface area contributed by atoms with Gasteiger partial charge in [0.2, 0.25) is 0 Å². The van der Waals surface area contributed by atoms with Crippen LogP contribution in [0.2, 0.25) is 0 Å². The Bertz CT molecular complexity index is 177. The fraction of sp³-hybridized carbons (Fsp3) is 1.00. The molecule has 2 unspecified atom stereocenters. The summed E-state index contributed by atoms with van der Waals surface area (Å²) in [5.74, 6) is 0. The van der Waals surface area contributed by atoms with Gasteiger partial charge in [0.15, 0.2) is 0 Å². The molecule has 2 nitrogen and oxygen atoms in total. The van der Waals surface area contributed by atoms with Gasteiger partial charge in [0, 0.05) is 12.1 Å². The summed E-state index contributed by atoms with van der Waals surface area (Å²) in [4.78, 5) is 2.59. The molecular formula is C12H23NO. The number of rotatable bonds is 4. The van der Waals surface area contributed by atoms with E-state index in [0.717, 1.165) is 12.5 Å². The highest BCUT2D eigenvalue weighted by atomic mass is 16.3. The van der Waals surface area contributed by atoms with E-state index in [1.54, 1.807) is 0 Å². The highest BCUT2D eigenvalue weighted by Crippen LogP contribution is 2.33. The predicted octanol–water partition coefficient (Wildman–Crippen LogP) is 2.16. The van der Waals surface area contributed by atoms with E-state index in [4.69, 9.17) is 0 Å². The van der Waals surface area contributed by atoms with Gasteiger partial charge in [0.05, 0.1) is 6.10 Å². The standard InChI is InChI=1S/C12H23NO/c1-2-9-13(10-7-8-10)11-5-3-4-6-12(11)14/h10-12,14H,2-9H2,1H3. The van der Waals surface area contributed by atoms with Crippen LogP contribution in [-0.4, -0.2) is 34.7 Å². The largest absolute Gasteiger partial charge is 0.391 e. The molecule has 0 aromatic carbocycles. The minimum atomic E-state index is -0.0455. The van der Waals surface area contributed by atoms with Crippen molar-refractivity contribution in [1.82, 2.24) is 4.90 Å². The van der Waals surface area contributed by atoms with Crippen LogP contribution in [0, 0.1) is 0 Å². The second kappa shape index (κ2) is 4.63. The Morgan fingerprint density at radius 3 is 2.43 bits per heavy atom. The van der Waals surface area contributed by atoms with Crippen molar-refractivity contribution in [3.63, 3.8) is 0 Å². The third-order valence-corrected chi connectivity index (χ3v) is 3.62. The van der Waals surface area contributed by atoms with Gasteiger partial charge in [-0.3, -0.25) is 4.90 Å². The lowest BCUT2D eigenvalue weighted by Gasteiger charge is -2.37. The molecule has 1 N–H and O–H groups in total. The first kappa shape index (κ1) is 10.4. The molecule has 2 heteroatoms. The van der Waals surface area contributed by atoms with Crippen LogP contribution in [0.25, 0.3) is 0 Å². The number of hydrogen-bond donors (Lipinski definition) is 1. The monoisotopic (exact) mass is 197 g/mol. The van der Waals surface area contributed by atoms with Crippen molar-refractivity contribution in [3.8, 4) is 0 Å². The summed E-state index contributed by atoms with van der Waals surface area (Å²) >= 11 is 0. The molecule has 2 saturated carbocycles. The van der Waals surface area contributed by atoms with E-state index in [2.05, 4.69) is 11.8 Å². The quantitative estimate of drug-likeness (QED) is 0.746. The molecule has 2 atom stereocenters. The zero-order chi connectivity index (χ0) is 9.97. The van der Waals surface area contributed by atoms with Crippen LogP contribution in [0.15, 0.2) is 0 Å². The summed E-state index contributed by atoms with van der Waals surface area (Å²) in [6.07, 6.45) is 8.69. The van der Waals surface area contributed by atoms with Crippen molar-refractivity contribution in [2.24, 2.45) is 0 Å². The molecule has 82 valence electrons. The van der Waals surface area contributed by atoms with E-state index < -0.39 is 0 Å². The van der Waals surface area contributed by atoms with E-state index in [-0.39, 0.29) is 6.10 Å². The van der Waals surface area contributed by atoms with E-state index >= 15 is 0 Å². The first-order valence-corrected chi connectivity index (χ1v) is 6.26. The summed E-state index contributed by atoms with van der Waals surface area (Å²) < 4.78 is 0. The number of aliphatic hydroxyl groups is 1. The maximum atomic E-state index is 10.0. The minimum absolute atomic E-state index is 0.0455. The minimum Gasteiger partial charge on any atom is -0.391 e. The van der Waals surface area contributed by atoms with Gasteiger partial charge in [-0.25, -0.2) is 0 Å². The zero-order valence-electron chi connectivity index (χ0n) is 9.28. The van der Waals surface area contributed by atoms with Crippen LogP contribution in [-0.2, 0) is 0 Å². The van der Waals surface area contributed by atoms with Gasteiger partial charge in [-0.05, 0) is 38.6 Å². The molecule has 0 heterocycles. The van der Waals surface area contributed by atoms with Gasteiger partial charge in [0.1, 0.15) is 0 Å². The van der Waals surface area contributed by atoms with Crippen LogP contribution < -0.4 is 0 Å². The Balaban J connectivity index is 1.93. The van der Waals surface area contributed by atoms with Gasteiger partial charge >= 0.3 is 0 Å². The second-order valence-electron chi connectivity index (χ2n) is 4.89. The van der Waals surface area contributed by atoms with Crippen molar-refractivity contribution in [2.75, 3.05) is 6.54 Å². The summed E-state index contributed by atoms with van der Waals surface area (Å²) in [6.45, 7) is 3.43. The molecule has 0 bridgehead atoms. The Morgan fingerprint density at radius 2 is 1.86 bits per heavy atom. The lowest BCUT2D eigenvalue weighted by atomic mass is 9.91. The molecular weight excluding hydrogens is 174 g/mol. The van der Waals surface area contributed by atoms with Crippen molar-refractivity contribution < 1.29 is 5.11 Å². The molecule has 0 aromatic heterocycles. The van der Waals surface area contributed by atoms with Gasteiger partial charge in [-0.2, -0.15) is 0 Å². The summed E-state index contributed by atoms with van der Waals surface area (Å²) in [6, 6.07) is 1.30. The van der Waals surface area contributed by atoms with Gasteiger partial charge in [0.25, 0.3) is 0 Å². The van der Waals surface area contributed by atoms with Crippen LogP contribution in [0.5, 0.6) is 0 Å². The first-order chi connectivity index (χ1) is 6.83. The van der Waals surface area contributed by atoms with Crippen LogP contribution in [0.1, 0.15) is 51.9 Å². The highest BCUT2D eigenvalue weighted by molar-refractivity contribution is 4.92. The highest BCUT2D eigenvalue weighted by Gasteiger charge is 2.37. The molecule has 0 amide bonds. The summed E-state index contributed by atoms with van der Waals surface area (Å²) in [5.41, 5.74) is 0. The second-order valence-corrected chi connectivity index (χ2v) is 4.89. The number of nitrogens with zero attached hydrogens (tertiary/aromatic N) is 1. The summed E-state index contributed by atoms with van der Waals surface area (Å²) in [5, 5.41) is 10.0. The zero-order valence-corrected chi connectivity index (χ0v) is 9.28. The van der Waals surface area contributed by atoms with Crippen LogP contribution in [0.4, 0.5) is 0 Å². The van der Waals surface area contributed by atoms with Gasteiger partial charge in [-0.15, -0.1) is 0 Å². The molecule has 14 heavy (non-hydrogen) atoms. The average Bonchev–Trinajstić information content (AvgIpc) is 2.99. The molecule has 0 spiro atoms. The fourth-order valence-electron chi connectivity index (χ4n) is 2.76. The molecule has 0 saturated heterocycles. The SMILES string of the molecule is CCCN(C1CC1)C1CCCCC1O. The number of aliphatic hydroxyl groups excluding tert-OH is 1. The maximum absolute atomic E-state index is 10.0. The molecule has 2 aliphatic rings. The predicted molar refractivity (Wildman–Crippen MR) is 58.3 cm³/mol. The maximum Gasteiger partial charge on any atom is 0.0695 e. The van der Waals surface area contributed by atoms with Crippen molar-refractivity contribution in [3.05, 3.63) is 0 Å². The molecule has 2 rings (SSSR count). The third kappa shape index (κ3) is 2.29. The molecule has 0 aromatic rings. The number of hydrogen-bond acceptors (Lipinski definition) is 2. The van der Waals surface area contributed by atoms with Gasteiger partial charge in [-0.1, -0.05) is 19.8 Å². The average molecular weight is 197 g/mol. The lowest BCUT2D eigenvalue weighted by molar-refractivity contribution is 0.0154. The van der Waals surface area contributed by atoms with Crippen molar-refractivity contribution >= 4 is 0 Å². The Kier molecular flexibility index (Phi) is 3.45. The van der Waals surface area contributed by atoms with E-state index in [9.17, 15) is 5.11 Å². The fourth-order valence-corrected chi connectivity index (χ4v) is 2.76. The van der Waals surface area contributed by atoms with E-state index in [1.165, 1.54) is 45.1 Å². The van der Waals surface area contributed by atoms with E-state index in [1.807, 2.05) is 0 Å². The molecule has 2 aliphatic carbocycles. The lowest BCUT2D eigenvalue weighted by Crippen LogP contribution is -2.46. The normalized spacial score (nSPS) is 33.6. The molecule has 0 radical (unpaired) electrons. The Morgan fingerprint density at radius 1 is 1.14 bits per heavy atom. The topological polar surface area (TPSA) is 23.5 Å². The van der Waals surface area contributed by atoms with Gasteiger partial charge < -0.3 is 5.11 Å². The Labute approximate surface area is 87.3 Å². The van der Waals surface area contributed by atoms with E-state index in [0.29, 0.717) is 6.04 Å². The first-order valence-electron chi connectivity index (χ1n) is 6.26. The Hall–Kier alpha value is -0.0800. The van der Waals surface area contributed by atoms with Crippen molar-refractivity contribution in [1.29, 1.82) is 0 Å². The summed E-state index contributed by atoms with van der Waals surface area (Å²) in [7, 11) is 0. The molecule has 2 fully saturated rings.